The van der Waals surface area contributed by atoms with E-state index in [1.54, 1.807) is 6.26 Å². The molecule has 0 aliphatic rings. The van der Waals surface area contributed by atoms with Gasteiger partial charge in [-0.15, -0.1) is 0 Å². The first-order valence-corrected chi connectivity index (χ1v) is 6.09. The monoisotopic (exact) mass is 224 g/mol. The fraction of sp³-hybridized carbons (Fsp3) is 0.692. The van der Waals surface area contributed by atoms with Gasteiger partial charge in [-0.1, -0.05) is 20.8 Å². The van der Waals surface area contributed by atoms with Crippen molar-refractivity contribution in [3.05, 3.63) is 24.2 Å². The van der Waals surface area contributed by atoms with Crippen LogP contribution < -0.4 is 5.73 Å². The second kappa shape index (κ2) is 6.06. The number of hydrogen-bond donors (Lipinski definition) is 1. The van der Waals surface area contributed by atoms with Crippen LogP contribution in [0.2, 0.25) is 0 Å². The second-order valence-electron chi connectivity index (χ2n) is 4.80. The molecule has 1 aromatic rings. The van der Waals surface area contributed by atoms with Crippen molar-refractivity contribution in [2.75, 3.05) is 13.1 Å². The van der Waals surface area contributed by atoms with Crippen LogP contribution in [0, 0.1) is 5.92 Å². The second-order valence-corrected chi connectivity index (χ2v) is 4.80. The zero-order valence-electron chi connectivity index (χ0n) is 10.8. The molecule has 1 heterocycles. The van der Waals surface area contributed by atoms with Crippen molar-refractivity contribution >= 4 is 0 Å². The molecule has 0 saturated carbocycles. The zero-order valence-corrected chi connectivity index (χ0v) is 10.8. The average Bonchev–Trinajstić information content (AvgIpc) is 2.68. The number of hydrogen-bond acceptors (Lipinski definition) is 3. The minimum Gasteiger partial charge on any atom is -0.468 e. The van der Waals surface area contributed by atoms with Crippen LogP contribution in [0.4, 0.5) is 0 Å². The molecule has 92 valence electrons. The predicted molar refractivity (Wildman–Crippen MR) is 67.2 cm³/mol. The Morgan fingerprint density at radius 1 is 1.38 bits per heavy atom. The van der Waals surface area contributed by atoms with E-state index in [0.717, 1.165) is 18.8 Å². The minimum atomic E-state index is 0.0739. The smallest absolute Gasteiger partial charge is 0.122 e. The summed E-state index contributed by atoms with van der Waals surface area (Å²) in [6.45, 7) is 10.7. The third-order valence-corrected chi connectivity index (χ3v) is 2.73. The van der Waals surface area contributed by atoms with Crippen LogP contribution in [-0.4, -0.2) is 24.0 Å². The van der Waals surface area contributed by atoms with Gasteiger partial charge in [0, 0.05) is 12.6 Å². The Morgan fingerprint density at radius 2 is 2.06 bits per heavy atom. The molecule has 0 aliphatic heterocycles. The molecule has 16 heavy (non-hydrogen) atoms. The molecule has 0 radical (unpaired) electrons. The van der Waals surface area contributed by atoms with Crippen molar-refractivity contribution < 1.29 is 4.42 Å². The third kappa shape index (κ3) is 3.35. The van der Waals surface area contributed by atoms with E-state index in [1.807, 2.05) is 19.1 Å². The van der Waals surface area contributed by atoms with Crippen LogP contribution in [-0.2, 0) is 0 Å². The molecule has 0 fully saturated rings. The highest BCUT2D eigenvalue weighted by Crippen LogP contribution is 2.24. The summed E-state index contributed by atoms with van der Waals surface area (Å²) in [5.74, 6) is 1.61. The fourth-order valence-corrected chi connectivity index (χ4v) is 2.14. The van der Waals surface area contributed by atoms with Crippen LogP contribution >= 0.6 is 0 Å². The standard InChI is InChI=1S/C13H24N2O/c1-5-15(9-10(2)3)13(11(4)14)12-7-6-8-16-12/h6-8,10-11,13H,5,9,14H2,1-4H3. The summed E-state index contributed by atoms with van der Waals surface area (Å²) < 4.78 is 5.50. The van der Waals surface area contributed by atoms with Gasteiger partial charge in [0.15, 0.2) is 0 Å². The van der Waals surface area contributed by atoms with Gasteiger partial charge in [0.1, 0.15) is 5.76 Å². The molecule has 0 amide bonds. The molecular weight excluding hydrogens is 200 g/mol. The summed E-state index contributed by atoms with van der Waals surface area (Å²) in [5, 5.41) is 0. The molecule has 0 bridgehead atoms. The molecule has 2 atom stereocenters. The first kappa shape index (κ1) is 13.3. The number of furan rings is 1. The lowest BCUT2D eigenvalue weighted by Gasteiger charge is -2.33. The molecule has 3 nitrogen and oxygen atoms in total. The summed E-state index contributed by atoms with van der Waals surface area (Å²) in [5.41, 5.74) is 6.08. The lowest BCUT2D eigenvalue weighted by Crippen LogP contribution is -2.41. The lowest BCUT2D eigenvalue weighted by atomic mass is 10.0. The van der Waals surface area contributed by atoms with Gasteiger partial charge < -0.3 is 10.2 Å². The van der Waals surface area contributed by atoms with Crippen molar-refractivity contribution in [1.82, 2.24) is 4.90 Å². The first-order valence-electron chi connectivity index (χ1n) is 6.09. The molecule has 3 heteroatoms. The van der Waals surface area contributed by atoms with E-state index < -0.39 is 0 Å². The van der Waals surface area contributed by atoms with Crippen molar-refractivity contribution in [3.8, 4) is 0 Å². The van der Waals surface area contributed by atoms with Gasteiger partial charge in [-0.3, -0.25) is 4.90 Å². The maximum absolute atomic E-state index is 6.08. The van der Waals surface area contributed by atoms with E-state index in [-0.39, 0.29) is 12.1 Å². The van der Waals surface area contributed by atoms with Gasteiger partial charge in [-0.25, -0.2) is 0 Å². The summed E-state index contributed by atoms with van der Waals surface area (Å²) in [6.07, 6.45) is 1.72. The van der Waals surface area contributed by atoms with E-state index in [9.17, 15) is 0 Å². The van der Waals surface area contributed by atoms with Gasteiger partial charge in [-0.05, 0) is 31.5 Å². The van der Waals surface area contributed by atoms with Crippen LogP contribution in [0.1, 0.15) is 39.5 Å². The van der Waals surface area contributed by atoms with Gasteiger partial charge in [0.05, 0.1) is 12.3 Å². The molecule has 0 aromatic carbocycles. The quantitative estimate of drug-likeness (QED) is 0.807. The number of rotatable bonds is 6. The highest BCUT2D eigenvalue weighted by molar-refractivity contribution is 5.07. The van der Waals surface area contributed by atoms with E-state index in [0.29, 0.717) is 5.92 Å². The van der Waals surface area contributed by atoms with E-state index >= 15 is 0 Å². The minimum absolute atomic E-state index is 0.0739. The molecule has 0 aliphatic carbocycles. The fourth-order valence-electron chi connectivity index (χ4n) is 2.14. The molecule has 0 saturated heterocycles. The summed E-state index contributed by atoms with van der Waals surface area (Å²) in [6, 6.07) is 4.19. The van der Waals surface area contributed by atoms with E-state index in [2.05, 4.69) is 25.7 Å². The highest BCUT2D eigenvalue weighted by atomic mass is 16.3. The predicted octanol–water partition coefficient (Wildman–Crippen LogP) is 2.65. The highest BCUT2D eigenvalue weighted by Gasteiger charge is 2.25. The van der Waals surface area contributed by atoms with Gasteiger partial charge in [-0.2, -0.15) is 0 Å². The summed E-state index contributed by atoms with van der Waals surface area (Å²) in [7, 11) is 0. The number of likely N-dealkylation sites (N-methyl/N-ethyl adjacent to an activating group) is 1. The number of nitrogens with two attached hydrogens (primary N) is 1. The number of nitrogens with zero attached hydrogens (tertiary/aromatic N) is 1. The Balaban J connectivity index is 2.83. The van der Waals surface area contributed by atoms with E-state index in [4.69, 9.17) is 10.2 Å². The maximum Gasteiger partial charge on any atom is 0.122 e. The van der Waals surface area contributed by atoms with Crippen LogP contribution in [0.15, 0.2) is 22.8 Å². The van der Waals surface area contributed by atoms with Crippen molar-refractivity contribution in [2.45, 2.75) is 39.8 Å². The Kier molecular flexibility index (Phi) is 5.03. The van der Waals surface area contributed by atoms with Crippen LogP contribution in [0.25, 0.3) is 0 Å². The van der Waals surface area contributed by atoms with Crippen molar-refractivity contribution in [2.24, 2.45) is 11.7 Å². The summed E-state index contributed by atoms with van der Waals surface area (Å²) >= 11 is 0. The van der Waals surface area contributed by atoms with Gasteiger partial charge in [0.2, 0.25) is 0 Å². The van der Waals surface area contributed by atoms with Gasteiger partial charge >= 0.3 is 0 Å². The third-order valence-electron chi connectivity index (χ3n) is 2.73. The normalized spacial score (nSPS) is 15.7. The maximum atomic E-state index is 6.08. The SMILES string of the molecule is CCN(CC(C)C)C(c1ccco1)C(C)N. The Morgan fingerprint density at radius 3 is 2.44 bits per heavy atom. The largest absolute Gasteiger partial charge is 0.468 e. The molecular formula is C13H24N2O. The molecule has 0 spiro atoms. The van der Waals surface area contributed by atoms with Crippen molar-refractivity contribution in [3.63, 3.8) is 0 Å². The first-order chi connectivity index (χ1) is 7.56. The average molecular weight is 224 g/mol. The molecule has 1 rings (SSSR count). The molecule has 1 aromatic heterocycles. The lowest BCUT2D eigenvalue weighted by molar-refractivity contribution is 0.146. The Bertz CT molecular complexity index is 280. The van der Waals surface area contributed by atoms with E-state index in [1.165, 1.54) is 0 Å². The Hall–Kier alpha value is -0.800. The van der Waals surface area contributed by atoms with Crippen molar-refractivity contribution in [1.29, 1.82) is 0 Å². The summed E-state index contributed by atoms with van der Waals surface area (Å²) in [4.78, 5) is 2.38. The molecule has 2 N–H and O–H groups in total. The molecule has 2 unspecified atom stereocenters. The van der Waals surface area contributed by atoms with Crippen LogP contribution in [0.3, 0.4) is 0 Å². The van der Waals surface area contributed by atoms with Gasteiger partial charge in [0.25, 0.3) is 0 Å². The topological polar surface area (TPSA) is 42.4 Å². The Labute approximate surface area is 98.6 Å². The zero-order chi connectivity index (χ0) is 12.1. The van der Waals surface area contributed by atoms with Crippen LogP contribution in [0.5, 0.6) is 0 Å².